The quantitative estimate of drug-likeness (QED) is 0.730. The number of sulfone groups is 1. The van der Waals surface area contributed by atoms with E-state index in [0.29, 0.717) is 24.0 Å². The Morgan fingerprint density at radius 2 is 1.67 bits per heavy atom. The van der Waals surface area contributed by atoms with Crippen LogP contribution in [0.2, 0.25) is 0 Å². The van der Waals surface area contributed by atoms with Crippen LogP contribution < -0.4 is 0 Å². The van der Waals surface area contributed by atoms with Crippen molar-refractivity contribution in [3.05, 3.63) is 0 Å². The topological polar surface area (TPSA) is 54.4 Å². The van der Waals surface area contributed by atoms with E-state index in [1.165, 1.54) is 12.8 Å². The number of fused-ring (bicyclic) bond motifs is 1. The van der Waals surface area contributed by atoms with Gasteiger partial charge in [0, 0.05) is 5.92 Å². The fourth-order valence-corrected chi connectivity index (χ4v) is 5.76. The lowest BCUT2D eigenvalue weighted by molar-refractivity contribution is 0.0644. The molecule has 3 nitrogen and oxygen atoms in total. The Hall–Kier alpha value is -0.0900. The second-order valence-electron chi connectivity index (χ2n) is 5.48. The Bertz CT molecular complexity index is 361. The lowest BCUT2D eigenvalue weighted by Crippen LogP contribution is -2.27. The van der Waals surface area contributed by atoms with Crippen molar-refractivity contribution in [2.75, 3.05) is 11.5 Å². The van der Waals surface area contributed by atoms with Crippen molar-refractivity contribution >= 4 is 9.84 Å². The van der Waals surface area contributed by atoms with Gasteiger partial charge in [-0.15, -0.1) is 0 Å². The Morgan fingerprint density at radius 1 is 1.07 bits per heavy atom. The molecule has 3 fully saturated rings. The van der Waals surface area contributed by atoms with Crippen LogP contribution in [0, 0.1) is 17.8 Å². The summed E-state index contributed by atoms with van der Waals surface area (Å²) in [7, 11) is -2.84. The molecule has 2 aliphatic carbocycles. The first-order chi connectivity index (χ1) is 7.04. The van der Waals surface area contributed by atoms with Gasteiger partial charge in [0.2, 0.25) is 0 Å². The van der Waals surface area contributed by atoms with Crippen molar-refractivity contribution < 1.29 is 13.5 Å². The molecule has 1 heterocycles. The molecule has 0 aromatic carbocycles. The molecule has 4 heteroatoms. The summed E-state index contributed by atoms with van der Waals surface area (Å²) in [5.41, 5.74) is -0.597. The number of hydrogen-bond acceptors (Lipinski definition) is 3. The second-order valence-corrected chi connectivity index (χ2v) is 7.71. The van der Waals surface area contributed by atoms with Gasteiger partial charge in [0.15, 0.2) is 9.84 Å². The minimum Gasteiger partial charge on any atom is -0.389 e. The van der Waals surface area contributed by atoms with Crippen molar-refractivity contribution in [3.8, 4) is 0 Å². The molecule has 3 aliphatic rings. The van der Waals surface area contributed by atoms with Crippen LogP contribution in [-0.4, -0.2) is 30.6 Å². The van der Waals surface area contributed by atoms with Gasteiger partial charge < -0.3 is 5.11 Å². The van der Waals surface area contributed by atoms with Crippen LogP contribution in [0.4, 0.5) is 0 Å². The summed E-state index contributed by atoms with van der Waals surface area (Å²) < 4.78 is 22.8. The molecule has 3 atom stereocenters. The summed E-state index contributed by atoms with van der Waals surface area (Å²) in [5.74, 6) is 1.40. The van der Waals surface area contributed by atoms with Crippen LogP contribution in [0.3, 0.4) is 0 Å². The van der Waals surface area contributed by atoms with Crippen molar-refractivity contribution in [3.63, 3.8) is 0 Å². The highest BCUT2D eigenvalue weighted by Crippen LogP contribution is 2.63. The van der Waals surface area contributed by atoms with Gasteiger partial charge in [-0.1, -0.05) is 12.8 Å². The SMILES string of the molecule is O=S1(=O)CCC(C2(O)C3CCCCC32)C1. The summed E-state index contributed by atoms with van der Waals surface area (Å²) in [6.07, 6.45) is 5.33. The first-order valence-corrected chi connectivity index (χ1v) is 7.79. The van der Waals surface area contributed by atoms with Gasteiger partial charge in [-0.25, -0.2) is 8.42 Å². The lowest BCUT2D eigenvalue weighted by Gasteiger charge is -2.17. The van der Waals surface area contributed by atoms with E-state index in [0.717, 1.165) is 12.8 Å². The summed E-state index contributed by atoms with van der Waals surface area (Å²) in [5, 5.41) is 10.6. The maximum atomic E-state index is 11.4. The molecule has 2 saturated carbocycles. The number of hydrogen-bond donors (Lipinski definition) is 1. The average molecular weight is 230 g/mol. The highest BCUT2D eigenvalue weighted by molar-refractivity contribution is 7.91. The fraction of sp³-hybridized carbons (Fsp3) is 1.00. The standard InChI is InChI=1S/C11H18O3S/c12-11(8-5-6-15(13,14)7-8)9-3-1-2-4-10(9)11/h8-10,12H,1-7H2. The smallest absolute Gasteiger partial charge is 0.150 e. The van der Waals surface area contributed by atoms with Crippen LogP contribution in [0.1, 0.15) is 32.1 Å². The maximum Gasteiger partial charge on any atom is 0.150 e. The van der Waals surface area contributed by atoms with E-state index < -0.39 is 15.4 Å². The van der Waals surface area contributed by atoms with Crippen LogP contribution in [0.5, 0.6) is 0 Å². The molecule has 3 rings (SSSR count). The molecule has 0 amide bonds. The van der Waals surface area contributed by atoms with Crippen molar-refractivity contribution in [1.82, 2.24) is 0 Å². The van der Waals surface area contributed by atoms with Gasteiger partial charge in [0.05, 0.1) is 17.1 Å². The van der Waals surface area contributed by atoms with E-state index in [1.54, 1.807) is 0 Å². The zero-order chi connectivity index (χ0) is 10.7. The predicted octanol–water partition coefficient (Wildman–Crippen LogP) is 0.972. The fourth-order valence-electron chi connectivity index (χ4n) is 3.90. The van der Waals surface area contributed by atoms with Gasteiger partial charge >= 0.3 is 0 Å². The van der Waals surface area contributed by atoms with Gasteiger partial charge in [-0.3, -0.25) is 0 Å². The molecule has 1 aliphatic heterocycles. The van der Waals surface area contributed by atoms with E-state index in [1.807, 2.05) is 0 Å². The molecule has 3 unspecified atom stereocenters. The lowest BCUT2D eigenvalue weighted by atomic mass is 9.96. The molecule has 0 aromatic rings. The maximum absolute atomic E-state index is 11.4. The Labute approximate surface area is 90.8 Å². The van der Waals surface area contributed by atoms with E-state index in [4.69, 9.17) is 0 Å². The molecule has 0 aromatic heterocycles. The molecule has 0 bridgehead atoms. The second kappa shape index (κ2) is 2.98. The highest BCUT2D eigenvalue weighted by Gasteiger charge is 2.68. The molecular weight excluding hydrogens is 212 g/mol. The summed E-state index contributed by atoms with van der Waals surface area (Å²) in [4.78, 5) is 0. The molecule has 0 radical (unpaired) electrons. The van der Waals surface area contributed by atoms with E-state index in [2.05, 4.69) is 0 Å². The molecule has 1 saturated heterocycles. The minimum atomic E-state index is -2.84. The third-order valence-corrected chi connectivity index (χ3v) is 6.50. The normalized spacial score (nSPS) is 52.5. The third kappa shape index (κ3) is 1.37. The predicted molar refractivity (Wildman–Crippen MR) is 57.2 cm³/mol. The molecule has 86 valence electrons. The van der Waals surface area contributed by atoms with E-state index in [-0.39, 0.29) is 11.7 Å². The van der Waals surface area contributed by atoms with Crippen LogP contribution >= 0.6 is 0 Å². The Kier molecular flexibility index (Phi) is 2.00. The zero-order valence-electron chi connectivity index (χ0n) is 8.85. The van der Waals surface area contributed by atoms with Gasteiger partial charge in [0.25, 0.3) is 0 Å². The zero-order valence-corrected chi connectivity index (χ0v) is 9.67. The first kappa shape index (κ1) is 10.1. The van der Waals surface area contributed by atoms with E-state index in [9.17, 15) is 13.5 Å². The number of rotatable bonds is 1. The Morgan fingerprint density at radius 3 is 2.13 bits per heavy atom. The monoisotopic (exact) mass is 230 g/mol. The van der Waals surface area contributed by atoms with Crippen molar-refractivity contribution in [1.29, 1.82) is 0 Å². The van der Waals surface area contributed by atoms with Gasteiger partial charge in [-0.05, 0) is 31.1 Å². The van der Waals surface area contributed by atoms with Gasteiger partial charge in [-0.2, -0.15) is 0 Å². The highest BCUT2D eigenvalue weighted by atomic mass is 32.2. The van der Waals surface area contributed by atoms with Crippen LogP contribution in [-0.2, 0) is 9.84 Å². The Balaban J connectivity index is 1.79. The van der Waals surface area contributed by atoms with E-state index >= 15 is 0 Å². The summed E-state index contributed by atoms with van der Waals surface area (Å²) in [6.45, 7) is 0. The summed E-state index contributed by atoms with van der Waals surface area (Å²) >= 11 is 0. The van der Waals surface area contributed by atoms with Crippen LogP contribution in [0.25, 0.3) is 0 Å². The van der Waals surface area contributed by atoms with Crippen molar-refractivity contribution in [2.45, 2.75) is 37.7 Å². The first-order valence-electron chi connectivity index (χ1n) is 5.97. The third-order valence-electron chi connectivity index (χ3n) is 4.73. The average Bonchev–Trinajstić information content (AvgIpc) is 2.63. The molecule has 1 N–H and O–H groups in total. The molecular formula is C11H18O3S. The van der Waals surface area contributed by atoms with Gasteiger partial charge in [0.1, 0.15) is 0 Å². The molecule has 15 heavy (non-hydrogen) atoms. The van der Waals surface area contributed by atoms with Crippen molar-refractivity contribution in [2.24, 2.45) is 17.8 Å². The largest absolute Gasteiger partial charge is 0.389 e. The molecule has 0 spiro atoms. The number of aliphatic hydroxyl groups is 1. The summed E-state index contributed by atoms with van der Waals surface area (Å²) in [6, 6.07) is 0. The minimum absolute atomic E-state index is 0.0376. The van der Waals surface area contributed by atoms with Crippen LogP contribution in [0.15, 0.2) is 0 Å².